The fraction of sp³-hybridized carbons (Fsp3) is 0.895. The van der Waals surface area contributed by atoms with E-state index in [1.54, 1.807) is 0 Å². The van der Waals surface area contributed by atoms with Crippen molar-refractivity contribution in [1.82, 2.24) is 0 Å². The Balaban J connectivity index is 1.66. The van der Waals surface area contributed by atoms with Crippen molar-refractivity contribution in [3.05, 3.63) is 12.2 Å². The Kier molecular flexibility index (Phi) is 4.86. The van der Waals surface area contributed by atoms with Crippen molar-refractivity contribution in [2.24, 2.45) is 17.8 Å². The molecular weight excluding hydrogens is 244 g/mol. The maximum atomic E-state index is 6.65. The Labute approximate surface area is 125 Å². The zero-order valence-corrected chi connectivity index (χ0v) is 13.3. The molecule has 1 heterocycles. The molecule has 0 spiro atoms. The van der Waals surface area contributed by atoms with Crippen LogP contribution >= 0.6 is 0 Å². The largest absolute Gasteiger partial charge is 0.374 e. The van der Waals surface area contributed by atoms with Gasteiger partial charge in [-0.2, -0.15) is 0 Å². The predicted molar refractivity (Wildman–Crippen MR) is 84.7 cm³/mol. The van der Waals surface area contributed by atoms with Crippen molar-refractivity contribution in [3.63, 3.8) is 0 Å². The van der Waals surface area contributed by atoms with Crippen molar-refractivity contribution in [3.8, 4) is 0 Å². The summed E-state index contributed by atoms with van der Waals surface area (Å²) in [6.45, 7) is 6.51. The van der Waals surface area contributed by atoms with Crippen LogP contribution in [0.4, 0.5) is 0 Å². The molecule has 0 aromatic heterocycles. The molecule has 20 heavy (non-hydrogen) atoms. The Morgan fingerprint density at radius 2 is 1.40 bits per heavy atom. The van der Waals surface area contributed by atoms with Gasteiger partial charge in [0.15, 0.2) is 0 Å². The predicted octanol–water partition coefficient (Wildman–Crippen LogP) is 5.50. The van der Waals surface area contributed by atoms with Crippen LogP contribution in [0.15, 0.2) is 12.2 Å². The minimum Gasteiger partial charge on any atom is -0.374 e. The SMILES string of the molecule is C=C(C)[C@H]1C[C@H](C2CCCCC2)O[C@@H]1C1CCCCC1. The molecule has 2 saturated carbocycles. The number of hydrogen-bond acceptors (Lipinski definition) is 1. The average molecular weight is 276 g/mol. The summed E-state index contributed by atoms with van der Waals surface area (Å²) in [5.74, 6) is 2.31. The summed E-state index contributed by atoms with van der Waals surface area (Å²) in [5, 5.41) is 0. The molecule has 0 bridgehead atoms. The molecular formula is C19H32O. The second kappa shape index (κ2) is 6.64. The van der Waals surface area contributed by atoms with E-state index in [-0.39, 0.29) is 0 Å². The van der Waals surface area contributed by atoms with Crippen molar-refractivity contribution in [2.45, 2.75) is 89.8 Å². The van der Waals surface area contributed by atoms with Gasteiger partial charge in [0.05, 0.1) is 12.2 Å². The Hall–Kier alpha value is -0.300. The van der Waals surface area contributed by atoms with Crippen LogP contribution in [0.3, 0.4) is 0 Å². The van der Waals surface area contributed by atoms with Gasteiger partial charge in [0.25, 0.3) is 0 Å². The average Bonchev–Trinajstić information content (AvgIpc) is 2.94. The first kappa shape index (κ1) is 14.6. The van der Waals surface area contributed by atoms with E-state index in [0.29, 0.717) is 18.1 Å². The molecule has 1 nitrogen and oxygen atoms in total. The lowest BCUT2D eigenvalue weighted by Gasteiger charge is -2.32. The highest BCUT2D eigenvalue weighted by molar-refractivity contribution is 5.06. The number of ether oxygens (including phenoxy) is 1. The second-order valence-corrected chi connectivity index (χ2v) is 7.62. The van der Waals surface area contributed by atoms with E-state index in [0.717, 1.165) is 11.8 Å². The van der Waals surface area contributed by atoms with Crippen LogP contribution in [0.2, 0.25) is 0 Å². The quantitative estimate of drug-likeness (QED) is 0.619. The molecule has 3 rings (SSSR count). The molecule has 3 fully saturated rings. The van der Waals surface area contributed by atoms with Gasteiger partial charge in [-0.1, -0.05) is 50.7 Å². The van der Waals surface area contributed by atoms with Crippen molar-refractivity contribution in [1.29, 1.82) is 0 Å². The molecule has 0 radical (unpaired) electrons. The van der Waals surface area contributed by atoms with Gasteiger partial charge in [0.2, 0.25) is 0 Å². The first-order valence-corrected chi connectivity index (χ1v) is 9.06. The van der Waals surface area contributed by atoms with E-state index >= 15 is 0 Å². The normalized spacial score (nSPS) is 37.1. The molecule has 1 heteroatoms. The molecule has 0 amide bonds. The van der Waals surface area contributed by atoms with Gasteiger partial charge >= 0.3 is 0 Å². The monoisotopic (exact) mass is 276 g/mol. The Morgan fingerprint density at radius 3 is 1.95 bits per heavy atom. The fourth-order valence-electron chi connectivity index (χ4n) is 4.93. The van der Waals surface area contributed by atoms with Gasteiger partial charge in [-0.3, -0.25) is 0 Å². The highest BCUT2D eigenvalue weighted by atomic mass is 16.5. The lowest BCUT2D eigenvalue weighted by Crippen LogP contribution is -2.30. The molecule has 3 aliphatic rings. The Bertz CT molecular complexity index is 323. The zero-order valence-electron chi connectivity index (χ0n) is 13.3. The van der Waals surface area contributed by atoms with Crippen LogP contribution in [0.5, 0.6) is 0 Å². The molecule has 1 aliphatic heterocycles. The van der Waals surface area contributed by atoms with Gasteiger partial charge in [-0.15, -0.1) is 0 Å². The minimum atomic E-state index is 0.500. The van der Waals surface area contributed by atoms with Crippen LogP contribution in [-0.4, -0.2) is 12.2 Å². The van der Waals surface area contributed by atoms with E-state index in [9.17, 15) is 0 Å². The summed E-state index contributed by atoms with van der Waals surface area (Å²) >= 11 is 0. The van der Waals surface area contributed by atoms with Crippen LogP contribution in [0, 0.1) is 17.8 Å². The number of rotatable bonds is 3. The van der Waals surface area contributed by atoms with E-state index in [1.807, 2.05) is 0 Å². The molecule has 0 unspecified atom stereocenters. The van der Waals surface area contributed by atoms with Crippen LogP contribution in [-0.2, 0) is 4.74 Å². The minimum absolute atomic E-state index is 0.500. The molecule has 2 aliphatic carbocycles. The topological polar surface area (TPSA) is 9.23 Å². The van der Waals surface area contributed by atoms with Crippen LogP contribution < -0.4 is 0 Å². The molecule has 0 N–H and O–H groups in total. The summed E-state index contributed by atoms with van der Waals surface area (Å²) < 4.78 is 6.65. The molecule has 114 valence electrons. The lowest BCUT2D eigenvalue weighted by atomic mass is 9.77. The first-order chi connectivity index (χ1) is 9.75. The van der Waals surface area contributed by atoms with Gasteiger partial charge in [-0.05, 0) is 50.9 Å². The third-order valence-corrected chi connectivity index (χ3v) is 6.14. The zero-order chi connectivity index (χ0) is 13.9. The summed E-state index contributed by atoms with van der Waals surface area (Å²) in [4.78, 5) is 0. The Morgan fingerprint density at radius 1 is 0.850 bits per heavy atom. The third kappa shape index (κ3) is 3.13. The smallest absolute Gasteiger partial charge is 0.0673 e. The second-order valence-electron chi connectivity index (χ2n) is 7.62. The highest BCUT2D eigenvalue weighted by Gasteiger charge is 2.42. The fourth-order valence-corrected chi connectivity index (χ4v) is 4.93. The summed E-state index contributed by atoms with van der Waals surface area (Å²) in [6.07, 6.45) is 16.5. The number of hydrogen-bond donors (Lipinski definition) is 0. The van der Waals surface area contributed by atoms with Gasteiger partial charge < -0.3 is 4.74 Å². The van der Waals surface area contributed by atoms with Crippen LogP contribution in [0.25, 0.3) is 0 Å². The lowest BCUT2D eigenvalue weighted by molar-refractivity contribution is -0.0376. The van der Waals surface area contributed by atoms with Crippen molar-refractivity contribution >= 4 is 0 Å². The van der Waals surface area contributed by atoms with Gasteiger partial charge in [0.1, 0.15) is 0 Å². The summed E-state index contributed by atoms with van der Waals surface area (Å²) in [5.41, 5.74) is 1.37. The molecule has 3 atom stereocenters. The van der Waals surface area contributed by atoms with E-state index in [2.05, 4.69) is 13.5 Å². The third-order valence-electron chi connectivity index (χ3n) is 6.14. The van der Waals surface area contributed by atoms with Gasteiger partial charge in [0, 0.05) is 5.92 Å². The molecule has 1 saturated heterocycles. The first-order valence-electron chi connectivity index (χ1n) is 9.06. The maximum absolute atomic E-state index is 6.65. The van der Waals surface area contributed by atoms with Crippen LogP contribution in [0.1, 0.15) is 77.6 Å². The highest BCUT2D eigenvalue weighted by Crippen LogP contribution is 2.44. The standard InChI is InChI=1S/C19H32O/c1-14(2)17-13-18(15-9-5-3-6-10-15)20-19(17)16-11-7-4-8-12-16/h15-19H,1,3-13H2,2H3/t17-,18-,19-/m1/s1. The van der Waals surface area contributed by atoms with E-state index < -0.39 is 0 Å². The van der Waals surface area contributed by atoms with Crippen molar-refractivity contribution < 1.29 is 4.74 Å². The van der Waals surface area contributed by atoms with E-state index in [1.165, 1.54) is 76.2 Å². The van der Waals surface area contributed by atoms with Gasteiger partial charge in [-0.25, -0.2) is 0 Å². The summed E-state index contributed by atoms with van der Waals surface area (Å²) in [6, 6.07) is 0. The molecule has 0 aromatic rings. The maximum Gasteiger partial charge on any atom is 0.0673 e. The van der Waals surface area contributed by atoms with E-state index in [4.69, 9.17) is 4.74 Å². The van der Waals surface area contributed by atoms with Crippen molar-refractivity contribution in [2.75, 3.05) is 0 Å². The summed E-state index contributed by atoms with van der Waals surface area (Å²) in [7, 11) is 0. The molecule has 0 aromatic carbocycles.